The lowest BCUT2D eigenvalue weighted by molar-refractivity contribution is 0.242. The third kappa shape index (κ3) is 3.75. The molecule has 0 bridgehead atoms. The second-order valence-corrected chi connectivity index (χ2v) is 6.67. The van der Waals surface area contributed by atoms with Crippen LogP contribution in [0.1, 0.15) is 17.5 Å². The number of nitriles is 1. The predicted octanol–water partition coefficient (Wildman–Crippen LogP) is 4.07. The van der Waals surface area contributed by atoms with Crippen molar-refractivity contribution >= 4 is 16.9 Å². The molecule has 0 radical (unpaired) electrons. The van der Waals surface area contributed by atoms with E-state index in [4.69, 9.17) is 19.6 Å². The van der Waals surface area contributed by atoms with Crippen LogP contribution in [0.5, 0.6) is 5.75 Å². The largest absolute Gasteiger partial charge is 0.473 e. The first-order valence-corrected chi connectivity index (χ1v) is 9.26. The fourth-order valence-corrected chi connectivity index (χ4v) is 3.02. The molecule has 0 atom stereocenters. The molecule has 2 aromatic heterocycles. The standard InChI is InChI=1S/C21H20N6O2/c1-14-8-9-16(12-15(14)2)28-13-27-18-7-4-3-6-17(18)24-21(27)19-20(26-29-25-19)23-11-5-10-22/h3-4,6-9,12H,5,11,13H2,1-2H3,(H,23,26). The molecule has 0 saturated heterocycles. The number of fused-ring (bicyclic) bond motifs is 1. The van der Waals surface area contributed by atoms with Gasteiger partial charge in [-0.15, -0.1) is 0 Å². The Kier molecular flexibility index (Phi) is 5.12. The number of imidazole rings is 1. The zero-order chi connectivity index (χ0) is 20.2. The maximum atomic E-state index is 8.75. The normalized spacial score (nSPS) is 10.8. The van der Waals surface area contributed by atoms with E-state index in [0.29, 0.717) is 30.3 Å². The van der Waals surface area contributed by atoms with E-state index in [0.717, 1.165) is 16.8 Å². The minimum absolute atomic E-state index is 0.253. The molecule has 2 aromatic carbocycles. The first-order valence-electron chi connectivity index (χ1n) is 9.26. The molecule has 8 nitrogen and oxygen atoms in total. The van der Waals surface area contributed by atoms with Gasteiger partial charge >= 0.3 is 0 Å². The molecule has 0 saturated carbocycles. The van der Waals surface area contributed by atoms with Gasteiger partial charge in [-0.3, -0.25) is 4.57 Å². The zero-order valence-corrected chi connectivity index (χ0v) is 16.2. The highest BCUT2D eigenvalue weighted by Gasteiger charge is 2.20. The number of anilines is 1. The first kappa shape index (κ1) is 18.5. The van der Waals surface area contributed by atoms with Gasteiger partial charge in [0.05, 0.1) is 23.5 Å². The molecule has 0 aliphatic rings. The Hall–Kier alpha value is -3.86. The van der Waals surface area contributed by atoms with Gasteiger partial charge in [0.25, 0.3) is 0 Å². The predicted molar refractivity (Wildman–Crippen MR) is 108 cm³/mol. The molecule has 0 spiro atoms. The van der Waals surface area contributed by atoms with E-state index in [1.807, 2.05) is 47.0 Å². The molecule has 4 aromatic rings. The smallest absolute Gasteiger partial charge is 0.202 e. The highest BCUT2D eigenvalue weighted by Crippen LogP contribution is 2.28. The minimum atomic E-state index is 0.253. The maximum Gasteiger partial charge on any atom is 0.202 e. The second kappa shape index (κ2) is 8.02. The van der Waals surface area contributed by atoms with Crippen molar-refractivity contribution in [3.63, 3.8) is 0 Å². The average Bonchev–Trinajstić information content (AvgIpc) is 3.33. The second-order valence-electron chi connectivity index (χ2n) is 6.67. The van der Waals surface area contributed by atoms with Gasteiger partial charge in [0.15, 0.2) is 18.2 Å². The Balaban J connectivity index is 1.69. The maximum absolute atomic E-state index is 8.75. The van der Waals surface area contributed by atoms with E-state index in [2.05, 4.69) is 35.5 Å². The van der Waals surface area contributed by atoms with Crippen molar-refractivity contribution in [2.75, 3.05) is 11.9 Å². The highest BCUT2D eigenvalue weighted by atomic mass is 16.6. The van der Waals surface area contributed by atoms with Crippen LogP contribution in [0.4, 0.5) is 5.82 Å². The summed E-state index contributed by atoms with van der Waals surface area (Å²) in [6, 6.07) is 15.9. The number of rotatable bonds is 7. The third-order valence-electron chi connectivity index (χ3n) is 4.72. The summed E-state index contributed by atoms with van der Waals surface area (Å²) in [5, 5.41) is 19.8. The Morgan fingerprint density at radius 2 is 2.00 bits per heavy atom. The van der Waals surface area contributed by atoms with Crippen molar-refractivity contribution < 1.29 is 9.37 Å². The number of benzene rings is 2. The van der Waals surface area contributed by atoms with Gasteiger partial charge in [-0.05, 0) is 59.6 Å². The molecule has 4 rings (SSSR count). The van der Waals surface area contributed by atoms with E-state index in [-0.39, 0.29) is 6.73 Å². The number of nitrogens with zero attached hydrogens (tertiary/aromatic N) is 5. The van der Waals surface area contributed by atoms with Crippen molar-refractivity contribution in [2.24, 2.45) is 0 Å². The number of hydrogen-bond donors (Lipinski definition) is 1. The summed E-state index contributed by atoms with van der Waals surface area (Å²) in [6.07, 6.45) is 0.346. The lowest BCUT2D eigenvalue weighted by Crippen LogP contribution is -2.09. The summed E-state index contributed by atoms with van der Waals surface area (Å²) >= 11 is 0. The third-order valence-corrected chi connectivity index (χ3v) is 4.72. The summed E-state index contributed by atoms with van der Waals surface area (Å²) in [6.45, 7) is 4.82. The highest BCUT2D eigenvalue weighted by molar-refractivity contribution is 5.81. The zero-order valence-electron chi connectivity index (χ0n) is 16.2. The van der Waals surface area contributed by atoms with Crippen LogP contribution in [0.3, 0.4) is 0 Å². The molecule has 0 unspecified atom stereocenters. The van der Waals surface area contributed by atoms with E-state index in [9.17, 15) is 0 Å². The van der Waals surface area contributed by atoms with Crippen LogP contribution in [0, 0.1) is 25.2 Å². The number of hydrogen-bond acceptors (Lipinski definition) is 7. The first-order chi connectivity index (χ1) is 14.2. The van der Waals surface area contributed by atoms with Gasteiger partial charge in [0.1, 0.15) is 5.75 Å². The molecular formula is C21H20N6O2. The van der Waals surface area contributed by atoms with Crippen LogP contribution in [0.25, 0.3) is 22.6 Å². The number of nitrogens with one attached hydrogen (secondary N) is 1. The van der Waals surface area contributed by atoms with Crippen molar-refractivity contribution in [1.29, 1.82) is 5.26 Å². The quantitative estimate of drug-likeness (QED) is 0.476. The fraction of sp³-hybridized carbons (Fsp3) is 0.238. The summed E-state index contributed by atoms with van der Waals surface area (Å²) in [4.78, 5) is 4.70. The topological polar surface area (TPSA) is 102 Å². The number of para-hydroxylation sites is 2. The Bertz CT molecular complexity index is 1190. The van der Waals surface area contributed by atoms with Crippen LogP contribution in [-0.4, -0.2) is 26.4 Å². The van der Waals surface area contributed by atoms with Crippen molar-refractivity contribution in [3.8, 4) is 23.3 Å². The van der Waals surface area contributed by atoms with E-state index in [1.54, 1.807) is 0 Å². The molecule has 146 valence electrons. The number of ether oxygens (including phenoxy) is 1. The van der Waals surface area contributed by atoms with Crippen LogP contribution < -0.4 is 10.1 Å². The van der Waals surface area contributed by atoms with Crippen molar-refractivity contribution in [1.82, 2.24) is 19.9 Å². The average molecular weight is 388 g/mol. The Morgan fingerprint density at radius 1 is 1.14 bits per heavy atom. The summed E-state index contributed by atoms with van der Waals surface area (Å²) in [5.74, 6) is 1.81. The monoisotopic (exact) mass is 388 g/mol. The molecule has 29 heavy (non-hydrogen) atoms. The molecule has 0 fully saturated rings. The summed E-state index contributed by atoms with van der Waals surface area (Å²) < 4.78 is 12.9. The molecule has 2 heterocycles. The summed E-state index contributed by atoms with van der Waals surface area (Å²) in [7, 11) is 0. The van der Waals surface area contributed by atoms with Crippen molar-refractivity contribution in [2.45, 2.75) is 27.0 Å². The molecular weight excluding hydrogens is 368 g/mol. The summed E-state index contributed by atoms with van der Waals surface area (Å²) in [5.41, 5.74) is 4.59. The minimum Gasteiger partial charge on any atom is -0.473 e. The lowest BCUT2D eigenvalue weighted by Gasteiger charge is -2.12. The van der Waals surface area contributed by atoms with Crippen LogP contribution in [0.2, 0.25) is 0 Å². The molecule has 1 N–H and O–H groups in total. The molecule has 0 aliphatic carbocycles. The Labute approximate surface area is 167 Å². The Morgan fingerprint density at radius 3 is 2.83 bits per heavy atom. The van der Waals surface area contributed by atoms with Gasteiger partial charge in [-0.2, -0.15) is 5.26 Å². The van der Waals surface area contributed by atoms with Crippen LogP contribution in [-0.2, 0) is 6.73 Å². The fourth-order valence-electron chi connectivity index (χ4n) is 3.02. The molecule has 8 heteroatoms. The lowest BCUT2D eigenvalue weighted by atomic mass is 10.1. The van der Waals surface area contributed by atoms with E-state index in [1.165, 1.54) is 11.1 Å². The van der Waals surface area contributed by atoms with Gasteiger partial charge in [-0.1, -0.05) is 18.2 Å². The van der Waals surface area contributed by atoms with Crippen molar-refractivity contribution in [3.05, 3.63) is 53.6 Å². The van der Waals surface area contributed by atoms with Gasteiger partial charge in [0.2, 0.25) is 5.82 Å². The van der Waals surface area contributed by atoms with E-state index >= 15 is 0 Å². The van der Waals surface area contributed by atoms with Gasteiger partial charge < -0.3 is 10.1 Å². The molecule has 0 amide bonds. The number of aryl methyl sites for hydroxylation is 2. The van der Waals surface area contributed by atoms with Crippen LogP contribution in [0.15, 0.2) is 47.1 Å². The van der Waals surface area contributed by atoms with Gasteiger partial charge in [0, 0.05) is 6.54 Å². The molecule has 0 aliphatic heterocycles. The number of aromatic nitrogens is 4. The van der Waals surface area contributed by atoms with Crippen LogP contribution >= 0.6 is 0 Å². The van der Waals surface area contributed by atoms with E-state index < -0.39 is 0 Å². The van der Waals surface area contributed by atoms with Gasteiger partial charge in [-0.25, -0.2) is 9.61 Å². The SMILES string of the molecule is Cc1ccc(OCn2c(-c3nonc3NCCC#N)nc3ccccc32)cc1C.